The third-order valence-electron chi connectivity index (χ3n) is 3.19. The van der Waals surface area contributed by atoms with E-state index in [0.29, 0.717) is 0 Å². The molecule has 0 aliphatic heterocycles. The van der Waals surface area contributed by atoms with Crippen molar-refractivity contribution in [2.75, 3.05) is 6.61 Å². The van der Waals surface area contributed by atoms with E-state index in [4.69, 9.17) is 19.0 Å². The van der Waals surface area contributed by atoms with E-state index in [1.54, 1.807) is 12.1 Å². The van der Waals surface area contributed by atoms with Crippen molar-refractivity contribution >= 4 is 16.9 Å². The fraction of sp³-hybridized carbons (Fsp3) is 0.294. The van der Waals surface area contributed by atoms with Crippen LogP contribution in [-0.2, 0) is 4.79 Å². The summed E-state index contributed by atoms with van der Waals surface area (Å²) < 4.78 is 15.4. The molecule has 2 N–H and O–H groups in total. The zero-order valence-corrected chi connectivity index (χ0v) is 13.2. The summed E-state index contributed by atoms with van der Waals surface area (Å²) in [4.78, 5) is 22.6. The highest BCUT2D eigenvalue weighted by Crippen LogP contribution is 2.35. The Labute approximate surface area is 137 Å². The van der Waals surface area contributed by atoms with Crippen LogP contribution in [0.5, 0.6) is 17.2 Å². The number of carboxylic acid groups (broad SMARTS) is 1. The number of para-hydroxylation sites is 1. The van der Waals surface area contributed by atoms with Crippen molar-refractivity contribution in [2.24, 2.45) is 0 Å². The van der Waals surface area contributed by atoms with E-state index in [0.717, 1.165) is 19.3 Å². The number of rotatable bonds is 8. The van der Waals surface area contributed by atoms with Crippen molar-refractivity contribution in [1.29, 1.82) is 0 Å². The van der Waals surface area contributed by atoms with Crippen LogP contribution in [0.1, 0.15) is 26.2 Å². The second kappa shape index (κ2) is 8.05. The van der Waals surface area contributed by atoms with Crippen LogP contribution in [0, 0.1) is 0 Å². The Morgan fingerprint density at radius 1 is 1.38 bits per heavy atom. The summed E-state index contributed by atoms with van der Waals surface area (Å²) in [6.45, 7) is 1.46. The van der Waals surface area contributed by atoms with Gasteiger partial charge < -0.3 is 24.1 Å². The average Bonchev–Trinajstić information content (AvgIpc) is 2.55. The molecule has 0 aliphatic carbocycles. The first-order valence-electron chi connectivity index (χ1n) is 7.49. The van der Waals surface area contributed by atoms with Crippen LogP contribution in [0.4, 0.5) is 0 Å². The van der Waals surface area contributed by atoms with E-state index in [2.05, 4.69) is 6.92 Å². The Hall–Kier alpha value is -2.96. The minimum atomic E-state index is -1.17. The van der Waals surface area contributed by atoms with Crippen LogP contribution in [-0.4, -0.2) is 22.8 Å². The maximum Gasteiger partial charge on any atom is 0.383 e. The first kappa shape index (κ1) is 17.4. The molecule has 0 atom stereocenters. The fourth-order valence-electron chi connectivity index (χ4n) is 2.03. The molecule has 24 heavy (non-hydrogen) atoms. The SMILES string of the molecule is CCCCC=COc1c(O)c2cccc(OCC(=O)O)c2oc1=O. The molecule has 1 aromatic carbocycles. The van der Waals surface area contributed by atoms with E-state index in [9.17, 15) is 14.7 Å². The normalized spacial score (nSPS) is 11.0. The monoisotopic (exact) mass is 334 g/mol. The van der Waals surface area contributed by atoms with Gasteiger partial charge in [-0.2, -0.15) is 0 Å². The van der Waals surface area contributed by atoms with Gasteiger partial charge in [-0.15, -0.1) is 0 Å². The topological polar surface area (TPSA) is 106 Å². The van der Waals surface area contributed by atoms with Crippen molar-refractivity contribution in [3.63, 3.8) is 0 Å². The van der Waals surface area contributed by atoms with Gasteiger partial charge in [-0.05, 0) is 31.1 Å². The molecule has 0 saturated carbocycles. The number of carboxylic acids is 1. The Kier molecular flexibility index (Phi) is 5.83. The van der Waals surface area contributed by atoms with E-state index in [1.165, 1.54) is 18.4 Å². The van der Waals surface area contributed by atoms with E-state index in [-0.39, 0.29) is 28.2 Å². The minimum absolute atomic E-state index is 0.0384. The minimum Gasteiger partial charge on any atom is -0.504 e. The summed E-state index contributed by atoms with van der Waals surface area (Å²) in [5, 5.41) is 19.1. The number of fused-ring (bicyclic) bond motifs is 1. The van der Waals surface area contributed by atoms with Crippen molar-refractivity contribution in [3.05, 3.63) is 41.0 Å². The summed E-state index contributed by atoms with van der Waals surface area (Å²) in [6, 6.07) is 4.49. The van der Waals surface area contributed by atoms with Gasteiger partial charge in [0.05, 0.1) is 11.6 Å². The van der Waals surface area contributed by atoms with Crippen LogP contribution < -0.4 is 15.1 Å². The molecule has 0 amide bonds. The smallest absolute Gasteiger partial charge is 0.383 e. The molecule has 128 valence electrons. The van der Waals surface area contributed by atoms with Crippen molar-refractivity contribution in [1.82, 2.24) is 0 Å². The molecule has 0 radical (unpaired) electrons. The Morgan fingerprint density at radius 2 is 2.17 bits per heavy atom. The number of carbonyl (C=O) groups is 1. The summed E-state index contributed by atoms with van der Waals surface area (Å²) in [5.41, 5.74) is -0.921. The van der Waals surface area contributed by atoms with Gasteiger partial charge in [0.15, 0.2) is 23.7 Å². The van der Waals surface area contributed by atoms with Gasteiger partial charge in [-0.1, -0.05) is 19.4 Å². The van der Waals surface area contributed by atoms with Crippen molar-refractivity contribution in [3.8, 4) is 17.2 Å². The number of ether oxygens (including phenoxy) is 2. The third kappa shape index (κ3) is 4.07. The lowest BCUT2D eigenvalue weighted by Crippen LogP contribution is -2.10. The molecule has 2 aromatic rings. The highest BCUT2D eigenvalue weighted by molar-refractivity contribution is 5.89. The number of unbranched alkanes of at least 4 members (excludes halogenated alkanes) is 2. The maximum atomic E-state index is 12.0. The number of hydrogen-bond acceptors (Lipinski definition) is 6. The maximum absolute atomic E-state index is 12.0. The van der Waals surface area contributed by atoms with Crippen LogP contribution >= 0.6 is 0 Å². The number of aliphatic carboxylic acids is 1. The van der Waals surface area contributed by atoms with Crippen molar-refractivity contribution in [2.45, 2.75) is 26.2 Å². The lowest BCUT2D eigenvalue weighted by molar-refractivity contribution is -0.139. The largest absolute Gasteiger partial charge is 0.504 e. The summed E-state index contributed by atoms with van der Waals surface area (Å²) in [6.07, 6.45) is 5.90. The Balaban J connectivity index is 2.34. The summed E-state index contributed by atoms with van der Waals surface area (Å²) in [7, 11) is 0. The average molecular weight is 334 g/mol. The molecule has 0 saturated heterocycles. The molecular formula is C17H18O7. The van der Waals surface area contributed by atoms with Gasteiger partial charge in [0, 0.05) is 0 Å². The molecule has 0 unspecified atom stereocenters. The van der Waals surface area contributed by atoms with E-state index < -0.39 is 18.2 Å². The fourth-order valence-corrected chi connectivity index (χ4v) is 2.03. The first-order valence-corrected chi connectivity index (χ1v) is 7.49. The van der Waals surface area contributed by atoms with Gasteiger partial charge in [-0.25, -0.2) is 9.59 Å². The zero-order chi connectivity index (χ0) is 17.5. The lowest BCUT2D eigenvalue weighted by Gasteiger charge is -2.09. The Bertz CT molecular complexity index is 804. The van der Waals surface area contributed by atoms with Gasteiger partial charge in [0.2, 0.25) is 0 Å². The second-order valence-electron chi connectivity index (χ2n) is 5.01. The highest BCUT2D eigenvalue weighted by atomic mass is 16.5. The molecular weight excluding hydrogens is 316 g/mol. The summed E-state index contributed by atoms with van der Waals surface area (Å²) in [5.74, 6) is -1.84. The molecule has 0 fully saturated rings. The first-order chi connectivity index (χ1) is 11.5. The molecule has 0 spiro atoms. The second-order valence-corrected chi connectivity index (χ2v) is 5.01. The van der Waals surface area contributed by atoms with Gasteiger partial charge in [0.1, 0.15) is 0 Å². The molecule has 1 heterocycles. The zero-order valence-electron chi connectivity index (χ0n) is 13.2. The number of allylic oxidation sites excluding steroid dienone is 1. The number of aromatic hydroxyl groups is 1. The molecule has 1 aromatic heterocycles. The lowest BCUT2D eigenvalue weighted by atomic mass is 10.2. The van der Waals surface area contributed by atoms with Crippen LogP contribution in [0.2, 0.25) is 0 Å². The molecule has 0 aliphatic rings. The van der Waals surface area contributed by atoms with Gasteiger partial charge in [-0.3, -0.25) is 0 Å². The predicted molar refractivity (Wildman–Crippen MR) is 86.6 cm³/mol. The van der Waals surface area contributed by atoms with Crippen LogP contribution in [0.15, 0.2) is 39.7 Å². The van der Waals surface area contributed by atoms with Gasteiger partial charge >= 0.3 is 11.6 Å². The summed E-state index contributed by atoms with van der Waals surface area (Å²) >= 11 is 0. The number of hydrogen-bond donors (Lipinski definition) is 2. The molecule has 7 nitrogen and oxygen atoms in total. The van der Waals surface area contributed by atoms with Crippen LogP contribution in [0.3, 0.4) is 0 Å². The Morgan fingerprint density at radius 3 is 2.88 bits per heavy atom. The van der Waals surface area contributed by atoms with Crippen LogP contribution in [0.25, 0.3) is 11.0 Å². The van der Waals surface area contributed by atoms with Crippen molar-refractivity contribution < 1.29 is 28.9 Å². The predicted octanol–water partition coefficient (Wildman–Crippen LogP) is 3.04. The molecule has 7 heteroatoms. The van der Waals surface area contributed by atoms with E-state index in [1.807, 2.05) is 0 Å². The molecule has 2 rings (SSSR count). The standard InChI is InChI=1S/C17H18O7/c1-2-3-4-5-9-22-16-14(20)11-7-6-8-12(23-10-13(18)19)15(11)24-17(16)21/h5-9,20H,2-4,10H2,1H3,(H,18,19). The van der Waals surface area contributed by atoms with E-state index >= 15 is 0 Å². The highest BCUT2D eigenvalue weighted by Gasteiger charge is 2.18. The quantitative estimate of drug-likeness (QED) is 0.434. The number of benzene rings is 1. The van der Waals surface area contributed by atoms with Gasteiger partial charge in [0.25, 0.3) is 5.75 Å². The molecule has 0 bridgehead atoms. The third-order valence-corrected chi connectivity index (χ3v) is 3.19.